The molecule has 1 aliphatic carbocycles. The summed E-state index contributed by atoms with van der Waals surface area (Å²) in [7, 11) is 0. The smallest absolute Gasteiger partial charge is 0.180 e. The molecule has 0 aromatic carbocycles. The molecular weight excluding hydrogens is 214 g/mol. The number of nitrogen functional groups attached to an aromatic ring is 1. The molecule has 0 unspecified atom stereocenters. The van der Waals surface area contributed by atoms with Gasteiger partial charge >= 0.3 is 0 Å². The third-order valence-electron chi connectivity index (χ3n) is 2.22. The summed E-state index contributed by atoms with van der Waals surface area (Å²) in [5, 5.41) is 3.87. The Balaban J connectivity index is 1.95. The molecule has 2 N–H and O–H groups in total. The van der Waals surface area contributed by atoms with E-state index in [4.69, 9.17) is 5.73 Å². The van der Waals surface area contributed by atoms with E-state index in [1.165, 1.54) is 29.2 Å². The van der Waals surface area contributed by atoms with Crippen LogP contribution in [0.1, 0.15) is 23.8 Å². The van der Waals surface area contributed by atoms with Crippen LogP contribution in [-0.2, 0) is 0 Å². The van der Waals surface area contributed by atoms with Crippen molar-refractivity contribution in [3.8, 4) is 10.6 Å². The van der Waals surface area contributed by atoms with Gasteiger partial charge in [0.25, 0.3) is 0 Å². The van der Waals surface area contributed by atoms with Gasteiger partial charge in [-0.15, -0.1) is 22.7 Å². The second-order valence-corrected chi connectivity index (χ2v) is 5.36. The van der Waals surface area contributed by atoms with Gasteiger partial charge in [-0.25, -0.2) is 9.97 Å². The molecule has 0 saturated heterocycles. The van der Waals surface area contributed by atoms with Crippen molar-refractivity contribution in [1.29, 1.82) is 0 Å². The maximum Gasteiger partial charge on any atom is 0.180 e. The second kappa shape index (κ2) is 3.03. The molecule has 1 aliphatic rings. The fraction of sp³-hybridized carbons (Fsp3) is 0.333. The van der Waals surface area contributed by atoms with Crippen LogP contribution in [0.15, 0.2) is 11.6 Å². The maximum absolute atomic E-state index is 5.59. The number of hydrogen-bond donors (Lipinski definition) is 1. The van der Waals surface area contributed by atoms with Crippen molar-refractivity contribution >= 4 is 27.8 Å². The van der Waals surface area contributed by atoms with E-state index in [1.807, 2.05) is 11.6 Å². The highest BCUT2D eigenvalue weighted by Crippen LogP contribution is 2.43. The normalized spacial score (nSPS) is 16.0. The summed E-state index contributed by atoms with van der Waals surface area (Å²) in [6, 6.07) is 0. The van der Waals surface area contributed by atoms with Gasteiger partial charge in [-0.2, -0.15) is 0 Å². The predicted molar refractivity (Wildman–Crippen MR) is 59.6 cm³/mol. The largest absolute Gasteiger partial charge is 0.375 e. The third-order valence-corrected chi connectivity index (χ3v) is 4.08. The highest BCUT2D eigenvalue weighted by Gasteiger charge is 2.26. The minimum Gasteiger partial charge on any atom is -0.375 e. The summed E-state index contributed by atoms with van der Waals surface area (Å²) in [5.41, 5.74) is 6.56. The highest BCUT2D eigenvalue weighted by atomic mass is 32.1. The van der Waals surface area contributed by atoms with Crippen LogP contribution in [0.2, 0.25) is 0 Å². The van der Waals surface area contributed by atoms with E-state index in [1.54, 1.807) is 11.3 Å². The summed E-state index contributed by atoms with van der Waals surface area (Å²) in [4.78, 5) is 9.79. The monoisotopic (exact) mass is 223 g/mol. The zero-order valence-corrected chi connectivity index (χ0v) is 9.07. The van der Waals surface area contributed by atoms with E-state index in [2.05, 4.69) is 9.97 Å². The van der Waals surface area contributed by atoms with Crippen molar-refractivity contribution in [2.45, 2.75) is 18.8 Å². The zero-order valence-electron chi connectivity index (χ0n) is 7.43. The molecule has 72 valence electrons. The van der Waals surface area contributed by atoms with E-state index in [0.717, 1.165) is 16.5 Å². The summed E-state index contributed by atoms with van der Waals surface area (Å²) in [5.74, 6) is 0.727. The number of hydrogen-bond acceptors (Lipinski definition) is 5. The van der Waals surface area contributed by atoms with Crippen molar-refractivity contribution in [3.05, 3.63) is 16.6 Å². The lowest BCUT2D eigenvalue weighted by molar-refractivity contribution is 1.08. The molecule has 3 rings (SSSR count). The van der Waals surface area contributed by atoms with Gasteiger partial charge in [0.1, 0.15) is 0 Å². The topological polar surface area (TPSA) is 51.8 Å². The van der Waals surface area contributed by atoms with Crippen molar-refractivity contribution in [1.82, 2.24) is 9.97 Å². The van der Waals surface area contributed by atoms with Crippen LogP contribution in [0, 0.1) is 0 Å². The van der Waals surface area contributed by atoms with Crippen LogP contribution in [0.3, 0.4) is 0 Å². The molecular formula is C9H9N3S2. The lowest BCUT2D eigenvalue weighted by Crippen LogP contribution is -1.80. The first-order chi connectivity index (χ1) is 6.83. The van der Waals surface area contributed by atoms with Crippen LogP contribution in [0.4, 0.5) is 5.13 Å². The highest BCUT2D eigenvalue weighted by molar-refractivity contribution is 7.16. The number of aromatic nitrogens is 2. The molecule has 0 spiro atoms. The van der Waals surface area contributed by atoms with Crippen molar-refractivity contribution in [2.24, 2.45) is 0 Å². The van der Waals surface area contributed by atoms with E-state index in [-0.39, 0.29) is 0 Å². The van der Waals surface area contributed by atoms with E-state index in [0.29, 0.717) is 5.13 Å². The van der Waals surface area contributed by atoms with Gasteiger partial charge in [-0.1, -0.05) is 0 Å². The van der Waals surface area contributed by atoms with E-state index < -0.39 is 0 Å². The van der Waals surface area contributed by atoms with E-state index >= 15 is 0 Å². The number of nitrogens with two attached hydrogens (primary N) is 1. The summed E-state index contributed by atoms with van der Waals surface area (Å²) >= 11 is 3.23. The molecule has 3 nitrogen and oxygen atoms in total. The fourth-order valence-corrected chi connectivity index (χ4v) is 3.01. The predicted octanol–water partition coefficient (Wildman–Crippen LogP) is 2.73. The van der Waals surface area contributed by atoms with Gasteiger partial charge in [0, 0.05) is 17.5 Å². The molecule has 0 aliphatic heterocycles. The summed E-state index contributed by atoms with van der Waals surface area (Å²) < 4.78 is 0. The number of rotatable bonds is 2. The Morgan fingerprint density at radius 3 is 2.93 bits per heavy atom. The van der Waals surface area contributed by atoms with Gasteiger partial charge in [-0.05, 0) is 12.8 Å². The Labute approximate surface area is 89.6 Å². The lowest BCUT2D eigenvalue weighted by atomic mass is 10.4. The maximum atomic E-state index is 5.59. The number of thiazole rings is 2. The molecule has 0 atom stereocenters. The Hall–Kier alpha value is -0.940. The average Bonchev–Trinajstić information content (AvgIpc) is 2.76. The van der Waals surface area contributed by atoms with Crippen molar-refractivity contribution in [3.63, 3.8) is 0 Å². The summed E-state index contributed by atoms with van der Waals surface area (Å²) in [6.45, 7) is 0. The first-order valence-corrected chi connectivity index (χ1v) is 6.19. The Morgan fingerprint density at radius 1 is 1.43 bits per heavy atom. The SMILES string of the molecule is Nc1nc(-c2cnc(C3CC3)s2)cs1. The Kier molecular flexibility index (Phi) is 1.81. The molecule has 0 bridgehead atoms. The Morgan fingerprint density at radius 2 is 2.29 bits per heavy atom. The van der Waals surface area contributed by atoms with Gasteiger partial charge in [0.2, 0.25) is 0 Å². The van der Waals surface area contributed by atoms with Crippen molar-refractivity contribution in [2.75, 3.05) is 5.73 Å². The fourth-order valence-electron chi connectivity index (χ4n) is 1.33. The molecule has 1 fully saturated rings. The summed E-state index contributed by atoms with van der Waals surface area (Å²) in [6.07, 6.45) is 4.51. The minimum atomic E-state index is 0.626. The van der Waals surface area contributed by atoms with Gasteiger partial charge in [-0.3, -0.25) is 0 Å². The first-order valence-electron chi connectivity index (χ1n) is 4.50. The zero-order chi connectivity index (χ0) is 9.54. The lowest BCUT2D eigenvalue weighted by Gasteiger charge is -1.86. The molecule has 0 radical (unpaired) electrons. The number of nitrogens with zero attached hydrogens (tertiary/aromatic N) is 2. The molecule has 1 saturated carbocycles. The van der Waals surface area contributed by atoms with Gasteiger partial charge in [0.15, 0.2) is 5.13 Å². The van der Waals surface area contributed by atoms with Crippen LogP contribution in [0.25, 0.3) is 10.6 Å². The average molecular weight is 223 g/mol. The molecule has 2 heterocycles. The van der Waals surface area contributed by atoms with Crippen LogP contribution >= 0.6 is 22.7 Å². The molecule has 14 heavy (non-hydrogen) atoms. The van der Waals surface area contributed by atoms with Crippen LogP contribution in [0.5, 0.6) is 0 Å². The van der Waals surface area contributed by atoms with Crippen LogP contribution < -0.4 is 5.73 Å². The van der Waals surface area contributed by atoms with Gasteiger partial charge in [0.05, 0.1) is 15.6 Å². The number of anilines is 1. The van der Waals surface area contributed by atoms with E-state index in [9.17, 15) is 0 Å². The quantitative estimate of drug-likeness (QED) is 0.851. The van der Waals surface area contributed by atoms with Gasteiger partial charge < -0.3 is 5.73 Å². The Bertz CT molecular complexity index is 456. The van der Waals surface area contributed by atoms with Crippen molar-refractivity contribution < 1.29 is 0 Å². The van der Waals surface area contributed by atoms with Crippen LogP contribution in [-0.4, -0.2) is 9.97 Å². The minimum absolute atomic E-state index is 0.626. The molecule has 2 aromatic heterocycles. The molecule has 5 heteroatoms. The second-order valence-electron chi connectivity index (χ2n) is 3.41. The first kappa shape index (κ1) is 8.38. The third kappa shape index (κ3) is 1.42. The molecule has 2 aromatic rings. The molecule has 0 amide bonds. The standard InChI is InChI=1S/C9H9N3S2/c10-9-12-6(4-13-9)7-3-11-8(14-7)5-1-2-5/h3-5H,1-2H2,(H2,10,12).